The molecule has 2 aromatic carbocycles. The quantitative estimate of drug-likeness (QED) is 0.542. The molecule has 3 rings (SSSR count). The first-order chi connectivity index (χ1) is 15.8. The maximum absolute atomic E-state index is 12.4. The molecule has 0 saturated heterocycles. The molecule has 176 valence electrons. The van der Waals surface area contributed by atoms with Gasteiger partial charge in [-0.15, -0.1) is 0 Å². The summed E-state index contributed by atoms with van der Waals surface area (Å²) in [6.07, 6.45) is -2.04. The van der Waals surface area contributed by atoms with E-state index in [2.05, 4.69) is 17.5 Å². The molecule has 1 aliphatic rings. The molecule has 0 radical (unpaired) electrons. The highest BCUT2D eigenvalue weighted by atomic mass is 19.4. The van der Waals surface area contributed by atoms with Crippen LogP contribution in [0.4, 0.5) is 18.9 Å². The Hall–Kier alpha value is -3.25. The molecule has 2 aromatic rings. The maximum atomic E-state index is 12.4. The van der Waals surface area contributed by atoms with Crippen molar-refractivity contribution in [3.63, 3.8) is 0 Å². The Bertz CT molecular complexity index is 1020. The molecule has 0 aromatic heterocycles. The lowest BCUT2D eigenvalue weighted by atomic mass is 10.0. The van der Waals surface area contributed by atoms with Crippen molar-refractivity contribution in [2.24, 2.45) is 0 Å². The normalized spacial score (nSPS) is 12.9. The number of benzene rings is 2. The summed E-state index contributed by atoms with van der Waals surface area (Å²) in [4.78, 5) is 13.4. The Morgan fingerprint density at radius 1 is 1.18 bits per heavy atom. The van der Waals surface area contributed by atoms with Crippen LogP contribution in [0.25, 0.3) is 0 Å². The number of nitrogens with one attached hydrogen (secondary N) is 1. The average Bonchev–Trinajstić information content (AvgIpc) is 3.21. The Balaban J connectivity index is 1.41. The van der Waals surface area contributed by atoms with E-state index in [1.54, 1.807) is 23.1 Å². The van der Waals surface area contributed by atoms with Gasteiger partial charge in [0.2, 0.25) is 5.91 Å². The number of alkyl halides is 3. The van der Waals surface area contributed by atoms with E-state index >= 15 is 0 Å². The Morgan fingerprint density at radius 2 is 1.91 bits per heavy atom. The predicted octanol–water partition coefficient (Wildman–Crippen LogP) is 4.01. The van der Waals surface area contributed by atoms with Crippen LogP contribution in [0.3, 0.4) is 0 Å². The molecular weight excluding hydrogens is 435 g/mol. The number of carbonyl (C=O) groups is 1. The van der Waals surface area contributed by atoms with E-state index in [0.29, 0.717) is 25.2 Å². The second kappa shape index (κ2) is 11.1. The van der Waals surface area contributed by atoms with Crippen molar-refractivity contribution in [1.29, 1.82) is 5.26 Å². The minimum Gasteiger partial charge on any atom is -0.488 e. The molecule has 0 bridgehead atoms. The van der Waals surface area contributed by atoms with Gasteiger partial charge in [0.05, 0.1) is 11.3 Å². The summed E-state index contributed by atoms with van der Waals surface area (Å²) in [6, 6.07) is 12.4. The second-order valence-corrected chi connectivity index (χ2v) is 7.74. The van der Waals surface area contributed by atoms with E-state index in [0.717, 1.165) is 36.1 Å². The molecule has 0 fully saturated rings. The largest absolute Gasteiger partial charge is 0.488 e. The average molecular weight is 461 g/mol. The summed E-state index contributed by atoms with van der Waals surface area (Å²) >= 11 is 0. The van der Waals surface area contributed by atoms with Crippen LogP contribution < -0.4 is 19.7 Å². The van der Waals surface area contributed by atoms with Crippen LogP contribution in [0.1, 0.15) is 30.0 Å². The standard InChI is InChI=1S/C24H26F3N3O3/c1-17(31)30-11-8-19-13-18(14-20(15-28)23(19)30)5-4-9-29-10-12-32-21-6-2-3-7-22(21)33-16-24(25,26)27/h2-3,6-7,13-14,29H,4-5,8-12,16H2,1H3. The highest BCUT2D eigenvalue weighted by molar-refractivity contribution is 5.95. The summed E-state index contributed by atoms with van der Waals surface area (Å²) in [5.41, 5.74) is 3.36. The van der Waals surface area contributed by atoms with E-state index < -0.39 is 12.8 Å². The van der Waals surface area contributed by atoms with Crippen LogP contribution in [0, 0.1) is 11.3 Å². The zero-order valence-electron chi connectivity index (χ0n) is 18.4. The van der Waals surface area contributed by atoms with E-state index in [1.165, 1.54) is 13.0 Å². The second-order valence-electron chi connectivity index (χ2n) is 7.74. The van der Waals surface area contributed by atoms with Crippen molar-refractivity contribution in [3.05, 3.63) is 53.1 Å². The summed E-state index contributed by atoms with van der Waals surface area (Å²) < 4.78 is 47.5. The molecule has 1 heterocycles. The van der Waals surface area contributed by atoms with Crippen LogP contribution in [0.15, 0.2) is 36.4 Å². The summed E-state index contributed by atoms with van der Waals surface area (Å²) in [6.45, 7) is 2.27. The van der Waals surface area contributed by atoms with Gasteiger partial charge in [-0.3, -0.25) is 4.79 Å². The van der Waals surface area contributed by atoms with Gasteiger partial charge in [0.25, 0.3) is 0 Å². The summed E-state index contributed by atoms with van der Waals surface area (Å²) in [5, 5.41) is 12.7. The number of hydrogen-bond donors (Lipinski definition) is 1. The van der Waals surface area contributed by atoms with Gasteiger partial charge in [-0.05, 0) is 55.1 Å². The molecule has 33 heavy (non-hydrogen) atoms. The van der Waals surface area contributed by atoms with Crippen molar-refractivity contribution in [2.45, 2.75) is 32.4 Å². The molecule has 0 saturated carbocycles. The number of hydrogen-bond acceptors (Lipinski definition) is 5. The maximum Gasteiger partial charge on any atom is 0.422 e. The summed E-state index contributed by atoms with van der Waals surface area (Å²) in [5.74, 6) is 0.271. The molecular formula is C24H26F3N3O3. The predicted molar refractivity (Wildman–Crippen MR) is 118 cm³/mol. The number of nitrogens with zero attached hydrogens (tertiary/aromatic N) is 2. The molecule has 0 unspecified atom stereocenters. The molecule has 0 aliphatic carbocycles. The highest BCUT2D eigenvalue weighted by Crippen LogP contribution is 2.33. The van der Waals surface area contributed by atoms with Crippen molar-refractivity contribution in [1.82, 2.24) is 5.32 Å². The first-order valence-electron chi connectivity index (χ1n) is 10.7. The van der Waals surface area contributed by atoms with Gasteiger partial charge >= 0.3 is 6.18 Å². The third-order valence-electron chi connectivity index (χ3n) is 5.22. The van der Waals surface area contributed by atoms with Gasteiger partial charge in [0.1, 0.15) is 12.7 Å². The van der Waals surface area contributed by atoms with Crippen molar-refractivity contribution in [3.8, 4) is 17.6 Å². The SMILES string of the molecule is CC(=O)N1CCc2cc(CCCNCCOc3ccccc3OCC(F)(F)F)cc(C#N)c21. The molecule has 1 amide bonds. The number of rotatable bonds is 10. The minimum atomic E-state index is -4.41. The number of ether oxygens (including phenoxy) is 2. The number of aryl methyl sites for hydroxylation is 1. The minimum absolute atomic E-state index is 0.0565. The van der Waals surface area contributed by atoms with Crippen LogP contribution in [0.2, 0.25) is 0 Å². The smallest absolute Gasteiger partial charge is 0.422 e. The lowest BCUT2D eigenvalue weighted by Crippen LogP contribution is -2.26. The van der Waals surface area contributed by atoms with Crippen LogP contribution in [-0.2, 0) is 17.6 Å². The van der Waals surface area contributed by atoms with E-state index in [9.17, 15) is 23.2 Å². The molecule has 0 atom stereocenters. The molecule has 1 N–H and O–H groups in total. The van der Waals surface area contributed by atoms with E-state index in [-0.39, 0.29) is 24.0 Å². The molecule has 1 aliphatic heterocycles. The number of para-hydroxylation sites is 2. The van der Waals surface area contributed by atoms with Crippen molar-refractivity contribution < 1.29 is 27.4 Å². The van der Waals surface area contributed by atoms with Gasteiger partial charge in [-0.1, -0.05) is 18.2 Å². The Kier molecular flexibility index (Phi) is 8.17. The summed E-state index contributed by atoms with van der Waals surface area (Å²) in [7, 11) is 0. The zero-order chi connectivity index (χ0) is 23.8. The van der Waals surface area contributed by atoms with Gasteiger partial charge < -0.3 is 19.7 Å². The van der Waals surface area contributed by atoms with Crippen LogP contribution >= 0.6 is 0 Å². The van der Waals surface area contributed by atoms with Gasteiger partial charge in [0.15, 0.2) is 18.1 Å². The molecule has 0 spiro atoms. The fraction of sp³-hybridized carbons (Fsp3) is 0.417. The van der Waals surface area contributed by atoms with Crippen molar-refractivity contribution in [2.75, 3.05) is 37.7 Å². The molecule has 6 nitrogen and oxygen atoms in total. The van der Waals surface area contributed by atoms with E-state index in [4.69, 9.17) is 9.47 Å². The first-order valence-corrected chi connectivity index (χ1v) is 10.7. The first kappa shape index (κ1) is 24.4. The van der Waals surface area contributed by atoms with Crippen LogP contribution in [0.5, 0.6) is 11.5 Å². The lowest BCUT2D eigenvalue weighted by Gasteiger charge is -2.16. The zero-order valence-corrected chi connectivity index (χ0v) is 18.4. The lowest BCUT2D eigenvalue weighted by molar-refractivity contribution is -0.153. The van der Waals surface area contributed by atoms with Crippen LogP contribution in [-0.4, -0.2) is 44.9 Å². The fourth-order valence-corrected chi connectivity index (χ4v) is 3.78. The third kappa shape index (κ3) is 6.86. The van der Waals surface area contributed by atoms with E-state index in [1.807, 2.05) is 6.07 Å². The van der Waals surface area contributed by atoms with Crippen molar-refractivity contribution >= 4 is 11.6 Å². The highest BCUT2D eigenvalue weighted by Gasteiger charge is 2.29. The van der Waals surface area contributed by atoms with Gasteiger partial charge in [0, 0.05) is 20.0 Å². The molecule has 9 heteroatoms. The topological polar surface area (TPSA) is 74.6 Å². The fourth-order valence-electron chi connectivity index (χ4n) is 3.78. The number of amides is 1. The number of carbonyl (C=O) groups excluding carboxylic acids is 1. The Morgan fingerprint density at radius 3 is 2.58 bits per heavy atom. The Labute approximate surface area is 190 Å². The number of fused-ring (bicyclic) bond motifs is 1. The number of anilines is 1. The number of halogens is 3. The monoisotopic (exact) mass is 461 g/mol. The number of nitriles is 1. The van der Waals surface area contributed by atoms with Gasteiger partial charge in [-0.25, -0.2) is 0 Å². The van der Waals surface area contributed by atoms with Gasteiger partial charge in [-0.2, -0.15) is 18.4 Å². The third-order valence-corrected chi connectivity index (χ3v) is 5.22.